The molecule has 0 atom stereocenters. The standard InChI is InChI=1S/C18H20N6/c1-11(2)14-8-19-9-16-20-13(10-24(14)16)17-18(12(3)4)23-7-5-6-15(23)21-22-17/h5-12H,1-4H3. The van der Waals surface area contributed by atoms with E-state index in [-0.39, 0.29) is 0 Å². The summed E-state index contributed by atoms with van der Waals surface area (Å²) in [7, 11) is 0. The smallest absolute Gasteiger partial charge is 0.159 e. The second-order valence-corrected chi connectivity index (χ2v) is 6.67. The Balaban J connectivity index is 1.99. The van der Waals surface area contributed by atoms with Gasteiger partial charge in [0.1, 0.15) is 11.4 Å². The largest absolute Gasteiger partial charge is 0.302 e. The molecule has 0 spiro atoms. The third-order valence-corrected chi connectivity index (χ3v) is 4.27. The lowest BCUT2D eigenvalue weighted by Crippen LogP contribution is -2.06. The van der Waals surface area contributed by atoms with Crippen molar-refractivity contribution in [2.45, 2.75) is 39.5 Å². The van der Waals surface area contributed by atoms with Crippen molar-refractivity contribution in [1.29, 1.82) is 0 Å². The molecule has 0 saturated carbocycles. The summed E-state index contributed by atoms with van der Waals surface area (Å²) in [6.45, 7) is 8.64. The van der Waals surface area contributed by atoms with Crippen LogP contribution in [0.5, 0.6) is 0 Å². The van der Waals surface area contributed by atoms with Gasteiger partial charge in [0, 0.05) is 24.3 Å². The van der Waals surface area contributed by atoms with Crippen LogP contribution < -0.4 is 0 Å². The molecule has 0 aromatic carbocycles. The normalized spacial score (nSPS) is 12.1. The first kappa shape index (κ1) is 14.8. The van der Waals surface area contributed by atoms with Gasteiger partial charge in [0.05, 0.1) is 11.9 Å². The van der Waals surface area contributed by atoms with Crippen LogP contribution in [0.2, 0.25) is 0 Å². The Hall–Kier alpha value is -2.76. The Morgan fingerprint density at radius 2 is 1.75 bits per heavy atom. The predicted molar refractivity (Wildman–Crippen MR) is 93.1 cm³/mol. The number of hydrogen-bond donors (Lipinski definition) is 0. The third kappa shape index (κ3) is 2.18. The Kier molecular flexibility index (Phi) is 3.33. The molecule has 4 aromatic heterocycles. The van der Waals surface area contributed by atoms with Gasteiger partial charge in [-0.2, -0.15) is 0 Å². The first-order valence-corrected chi connectivity index (χ1v) is 8.23. The van der Waals surface area contributed by atoms with E-state index in [2.05, 4.69) is 51.7 Å². The lowest BCUT2D eigenvalue weighted by Gasteiger charge is -2.12. The van der Waals surface area contributed by atoms with Crippen LogP contribution in [0.1, 0.15) is 50.9 Å². The third-order valence-electron chi connectivity index (χ3n) is 4.27. The van der Waals surface area contributed by atoms with Gasteiger partial charge in [-0.15, -0.1) is 10.2 Å². The fourth-order valence-corrected chi connectivity index (χ4v) is 3.13. The molecule has 0 saturated heterocycles. The summed E-state index contributed by atoms with van der Waals surface area (Å²) in [5.41, 5.74) is 5.60. The number of aromatic nitrogens is 6. The zero-order valence-corrected chi connectivity index (χ0v) is 14.3. The molecule has 24 heavy (non-hydrogen) atoms. The first-order chi connectivity index (χ1) is 11.6. The van der Waals surface area contributed by atoms with Crippen LogP contribution in [-0.2, 0) is 0 Å². The van der Waals surface area contributed by atoms with Crippen LogP contribution in [0.4, 0.5) is 0 Å². The summed E-state index contributed by atoms with van der Waals surface area (Å²) in [6.07, 6.45) is 7.75. The van der Waals surface area contributed by atoms with Gasteiger partial charge in [-0.05, 0) is 24.0 Å². The van der Waals surface area contributed by atoms with Crippen molar-refractivity contribution < 1.29 is 0 Å². The van der Waals surface area contributed by atoms with Crippen LogP contribution in [-0.4, -0.2) is 29.0 Å². The number of fused-ring (bicyclic) bond motifs is 2. The molecule has 0 aliphatic carbocycles. The van der Waals surface area contributed by atoms with Gasteiger partial charge in [-0.1, -0.05) is 27.7 Å². The van der Waals surface area contributed by atoms with E-state index in [9.17, 15) is 0 Å². The topological polar surface area (TPSA) is 60.4 Å². The molecule has 0 amide bonds. The number of imidazole rings is 1. The molecule has 4 aromatic rings. The number of rotatable bonds is 3. The van der Waals surface area contributed by atoms with E-state index in [1.165, 1.54) is 0 Å². The highest BCUT2D eigenvalue weighted by Crippen LogP contribution is 2.28. The van der Waals surface area contributed by atoms with E-state index in [0.717, 1.165) is 34.1 Å². The lowest BCUT2D eigenvalue weighted by atomic mass is 10.1. The van der Waals surface area contributed by atoms with Crippen LogP contribution in [0, 0.1) is 0 Å². The van der Waals surface area contributed by atoms with Gasteiger partial charge >= 0.3 is 0 Å². The second-order valence-electron chi connectivity index (χ2n) is 6.67. The maximum absolute atomic E-state index is 4.74. The van der Waals surface area contributed by atoms with E-state index >= 15 is 0 Å². The summed E-state index contributed by atoms with van der Waals surface area (Å²) in [5.74, 6) is 0.670. The van der Waals surface area contributed by atoms with Crippen molar-refractivity contribution in [1.82, 2.24) is 29.0 Å². The minimum atomic E-state index is 0.304. The molecule has 122 valence electrons. The fourth-order valence-electron chi connectivity index (χ4n) is 3.13. The van der Waals surface area contributed by atoms with E-state index in [1.807, 2.05) is 30.7 Å². The Bertz CT molecular complexity index is 1020. The maximum atomic E-state index is 4.74. The zero-order valence-electron chi connectivity index (χ0n) is 14.3. The predicted octanol–water partition coefficient (Wildman–Crippen LogP) is 3.69. The maximum Gasteiger partial charge on any atom is 0.159 e. The highest BCUT2D eigenvalue weighted by Gasteiger charge is 2.19. The minimum Gasteiger partial charge on any atom is -0.302 e. The average Bonchev–Trinajstić information content (AvgIpc) is 3.18. The van der Waals surface area contributed by atoms with Crippen molar-refractivity contribution in [2.75, 3.05) is 0 Å². The lowest BCUT2D eigenvalue weighted by molar-refractivity contribution is 0.776. The number of nitrogens with zero attached hydrogens (tertiary/aromatic N) is 6. The molecule has 4 heterocycles. The van der Waals surface area contributed by atoms with Crippen LogP contribution in [0.25, 0.3) is 22.7 Å². The fraction of sp³-hybridized carbons (Fsp3) is 0.333. The average molecular weight is 320 g/mol. The SMILES string of the molecule is CC(C)c1cncc2nc(-c3nnc4cccn4c3C(C)C)cn12. The summed E-state index contributed by atoms with van der Waals surface area (Å²) >= 11 is 0. The van der Waals surface area contributed by atoms with Crippen molar-refractivity contribution >= 4 is 11.3 Å². The van der Waals surface area contributed by atoms with E-state index < -0.39 is 0 Å². The highest BCUT2D eigenvalue weighted by atomic mass is 15.2. The summed E-state index contributed by atoms with van der Waals surface area (Å²) < 4.78 is 4.19. The van der Waals surface area contributed by atoms with Gasteiger partial charge in [-0.3, -0.25) is 4.98 Å². The van der Waals surface area contributed by atoms with E-state index in [1.54, 1.807) is 6.20 Å². The van der Waals surface area contributed by atoms with Crippen molar-refractivity contribution in [3.8, 4) is 11.4 Å². The molecule has 0 fully saturated rings. The van der Waals surface area contributed by atoms with Crippen LogP contribution in [0.3, 0.4) is 0 Å². The molecular weight excluding hydrogens is 300 g/mol. The summed E-state index contributed by atoms with van der Waals surface area (Å²) in [4.78, 5) is 9.06. The van der Waals surface area contributed by atoms with Crippen LogP contribution >= 0.6 is 0 Å². The first-order valence-electron chi connectivity index (χ1n) is 8.23. The van der Waals surface area contributed by atoms with E-state index in [0.29, 0.717) is 11.8 Å². The quantitative estimate of drug-likeness (QED) is 0.577. The van der Waals surface area contributed by atoms with E-state index in [4.69, 9.17) is 4.98 Å². The Morgan fingerprint density at radius 3 is 2.50 bits per heavy atom. The van der Waals surface area contributed by atoms with Crippen molar-refractivity contribution in [3.63, 3.8) is 0 Å². The molecule has 0 unspecified atom stereocenters. The van der Waals surface area contributed by atoms with Crippen molar-refractivity contribution in [2.24, 2.45) is 0 Å². The van der Waals surface area contributed by atoms with Crippen LogP contribution in [0.15, 0.2) is 36.9 Å². The van der Waals surface area contributed by atoms with Gasteiger partial charge in [0.15, 0.2) is 11.3 Å². The molecule has 0 radical (unpaired) electrons. The monoisotopic (exact) mass is 320 g/mol. The van der Waals surface area contributed by atoms with Gasteiger partial charge in [0.25, 0.3) is 0 Å². The van der Waals surface area contributed by atoms with Gasteiger partial charge in [0.2, 0.25) is 0 Å². The molecule has 0 aliphatic heterocycles. The highest BCUT2D eigenvalue weighted by molar-refractivity contribution is 5.63. The molecule has 6 nitrogen and oxygen atoms in total. The molecule has 4 rings (SSSR count). The number of hydrogen-bond acceptors (Lipinski definition) is 4. The van der Waals surface area contributed by atoms with Gasteiger partial charge in [-0.25, -0.2) is 4.98 Å². The van der Waals surface area contributed by atoms with Gasteiger partial charge < -0.3 is 8.80 Å². The molecular formula is C18H20N6. The minimum absolute atomic E-state index is 0.304. The Labute approximate surface area is 140 Å². The molecule has 0 bridgehead atoms. The zero-order chi connectivity index (χ0) is 16.8. The molecule has 0 N–H and O–H groups in total. The summed E-state index contributed by atoms with van der Waals surface area (Å²) in [5, 5.41) is 8.81. The second kappa shape index (κ2) is 5.40. The molecule has 6 heteroatoms. The Morgan fingerprint density at radius 1 is 0.917 bits per heavy atom. The molecule has 0 aliphatic rings. The summed E-state index contributed by atoms with van der Waals surface area (Å²) in [6, 6.07) is 3.96. The van der Waals surface area contributed by atoms with Crippen molar-refractivity contribution in [3.05, 3.63) is 48.3 Å².